The molecule has 2 aromatic carbocycles. The van der Waals surface area contributed by atoms with E-state index >= 15 is 0 Å². The van der Waals surface area contributed by atoms with E-state index in [1.165, 1.54) is 0 Å². The van der Waals surface area contributed by atoms with Crippen molar-refractivity contribution < 1.29 is 19.1 Å². The van der Waals surface area contributed by atoms with Crippen molar-refractivity contribution in [1.29, 1.82) is 0 Å². The number of rotatable bonds is 6. The van der Waals surface area contributed by atoms with E-state index in [1.807, 2.05) is 53.4 Å². The number of benzene rings is 2. The molecule has 0 radical (unpaired) electrons. The van der Waals surface area contributed by atoms with Gasteiger partial charge in [-0.1, -0.05) is 42.5 Å². The molecule has 1 unspecified atom stereocenters. The minimum absolute atomic E-state index is 0.0234. The SMILES string of the molecule is COc1cccc(CCC(=O)N2CCNC(=O)CC2c2ccccc2)c1OC. The first-order valence-corrected chi connectivity index (χ1v) is 9.45. The van der Waals surface area contributed by atoms with Gasteiger partial charge in [-0.25, -0.2) is 0 Å². The molecule has 1 aliphatic rings. The van der Waals surface area contributed by atoms with Gasteiger partial charge in [-0.05, 0) is 23.6 Å². The summed E-state index contributed by atoms with van der Waals surface area (Å²) in [7, 11) is 3.19. The second kappa shape index (κ2) is 9.26. The predicted molar refractivity (Wildman–Crippen MR) is 106 cm³/mol. The number of para-hydroxylation sites is 1. The van der Waals surface area contributed by atoms with Gasteiger partial charge in [-0.3, -0.25) is 9.59 Å². The molecule has 2 aromatic rings. The highest BCUT2D eigenvalue weighted by atomic mass is 16.5. The van der Waals surface area contributed by atoms with Crippen LogP contribution in [0.3, 0.4) is 0 Å². The third-order valence-corrected chi connectivity index (χ3v) is 5.03. The summed E-state index contributed by atoms with van der Waals surface area (Å²) in [4.78, 5) is 27.0. The molecule has 1 N–H and O–H groups in total. The van der Waals surface area contributed by atoms with E-state index < -0.39 is 0 Å². The maximum Gasteiger partial charge on any atom is 0.223 e. The predicted octanol–water partition coefficient (Wildman–Crippen LogP) is 2.73. The van der Waals surface area contributed by atoms with Crippen molar-refractivity contribution in [3.63, 3.8) is 0 Å². The summed E-state index contributed by atoms with van der Waals surface area (Å²) >= 11 is 0. The lowest BCUT2D eigenvalue weighted by Gasteiger charge is -2.29. The van der Waals surface area contributed by atoms with Crippen LogP contribution in [0.1, 0.15) is 30.0 Å². The summed E-state index contributed by atoms with van der Waals surface area (Å²) < 4.78 is 10.8. The molecule has 6 nitrogen and oxygen atoms in total. The molecule has 148 valence electrons. The van der Waals surface area contributed by atoms with E-state index in [2.05, 4.69) is 5.32 Å². The Morgan fingerprint density at radius 1 is 1.11 bits per heavy atom. The van der Waals surface area contributed by atoms with Crippen LogP contribution < -0.4 is 14.8 Å². The van der Waals surface area contributed by atoms with Gasteiger partial charge in [-0.15, -0.1) is 0 Å². The molecule has 0 spiro atoms. The van der Waals surface area contributed by atoms with Crippen LogP contribution in [-0.4, -0.2) is 44.0 Å². The second-order valence-electron chi connectivity index (χ2n) is 6.72. The van der Waals surface area contributed by atoms with Crippen molar-refractivity contribution in [1.82, 2.24) is 10.2 Å². The van der Waals surface area contributed by atoms with Crippen molar-refractivity contribution in [2.24, 2.45) is 0 Å². The minimum Gasteiger partial charge on any atom is -0.493 e. The molecule has 0 aromatic heterocycles. The highest BCUT2D eigenvalue weighted by Gasteiger charge is 2.29. The lowest BCUT2D eigenvalue weighted by Crippen LogP contribution is -2.36. The molecule has 1 aliphatic heterocycles. The van der Waals surface area contributed by atoms with Gasteiger partial charge in [0.15, 0.2) is 11.5 Å². The number of ether oxygens (including phenoxy) is 2. The van der Waals surface area contributed by atoms with E-state index in [9.17, 15) is 9.59 Å². The third-order valence-electron chi connectivity index (χ3n) is 5.03. The highest BCUT2D eigenvalue weighted by molar-refractivity contribution is 5.81. The molecule has 0 aliphatic carbocycles. The van der Waals surface area contributed by atoms with Gasteiger partial charge in [0.1, 0.15) is 0 Å². The topological polar surface area (TPSA) is 67.9 Å². The molecule has 3 rings (SSSR count). The number of nitrogens with one attached hydrogen (secondary N) is 1. The summed E-state index contributed by atoms with van der Waals surface area (Å²) in [5.41, 5.74) is 1.90. The molecule has 0 bridgehead atoms. The van der Waals surface area contributed by atoms with Crippen LogP contribution in [0.25, 0.3) is 0 Å². The number of methoxy groups -OCH3 is 2. The second-order valence-corrected chi connectivity index (χ2v) is 6.72. The lowest BCUT2D eigenvalue weighted by molar-refractivity contribution is -0.133. The maximum absolute atomic E-state index is 13.1. The Morgan fingerprint density at radius 3 is 2.61 bits per heavy atom. The Morgan fingerprint density at radius 2 is 1.89 bits per heavy atom. The fourth-order valence-electron chi connectivity index (χ4n) is 3.64. The van der Waals surface area contributed by atoms with Gasteiger partial charge < -0.3 is 19.7 Å². The Hall–Kier alpha value is -3.02. The summed E-state index contributed by atoms with van der Waals surface area (Å²) in [6, 6.07) is 15.2. The number of carbonyl (C=O) groups is 2. The molecule has 28 heavy (non-hydrogen) atoms. The average molecular weight is 382 g/mol. The van der Waals surface area contributed by atoms with Gasteiger partial charge >= 0.3 is 0 Å². The number of carbonyl (C=O) groups excluding carboxylic acids is 2. The Bertz CT molecular complexity index is 823. The average Bonchev–Trinajstić information content (AvgIpc) is 2.93. The third kappa shape index (κ3) is 4.44. The lowest BCUT2D eigenvalue weighted by atomic mass is 10.0. The molecular formula is C22H26N2O4. The fourth-order valence-corrected chi connectivity index (χ4v) is 3.64. The van der Waals surface area contributed by atoms with Crippen LogP contribution in [0.15, 0.2) is 48.5 Å². The first-order valence-electron chi connectivity index (χ1n) is 9.45. The zero-order valence-electron chi connectivity index (χ0n) is 16.3. The monoisotopic (exact) mass is 382 g/mol. The van der Waals surface area contributed by atoms with Crippen LogP contribution in [0.5, 0.6) is 11.5 Å². The van der Waals surface area contributed by atoms with E-state index in [0.29, 0.717) is 37.4 Å². The zero-order valence-corrected chi connectivity index (χ0v) is 16.3. The van der Waals surface area contributed by atoms with Crippen molar-refractivity contribution in [3.05, 3.63) is 59.7 Å². The van der Waals surface area contributed by atoms with Gasteiger partial charge in [0.2, 0.25) is 11.8 Å². The van der Waals surface area contributed by atoms with Crippen molar-refractivity contribution in [2.75, 3.05) is 27.3 Å². The number of nitrogens with zero attached hydrogens (tertiary/aromatic N) is 1. The van der Waals surface area contributed by atoms with Gasteiger partial charge in [0, 0.05) is 19.5 Å². The number of hydrogen-bond donors (Lipinski definition) is 1. The summed E-state index contributed by atoms with van der Waals surface area (Å²) in [6.07, 6.45) is 1.15. The summed E-state index contributed by atoms with van der Waals surface area (Å²) in [5, 5.41) is 2.87. The summed E-state index contributed by atoms with van der Waals surface area (Å²) in [5.74, 6) is 1.30. The smallest absolute Gasteiger partial charge is 0.223 e. The quantitative estimate of drug-likeness (QED) is 0.834. The van der Waals surface area contributed by atoms with Gasteiger partial charge in [0.25, 0.3) is 0 Å². The molecule has 1 heterocycles. The van der Waals surface area contributed by atoms with Crippen molar-refractivity contribution in [2.45, 2.75) is 25.3 Å². The highest BCUT2D eigenvalue weighted by Crippen LogP contribution is 2.32. The molecule has 1 atom stereocenters. The molecule has 0 saturated carbocycles. The summed E-state index contributed by atoms with van der Waals surface area (Å²) in [6.45, 7) is 0.968. The molecule has 1 saturated heterocycles. The Kier molecular flexibility index (Phi) is 6.53. The number of amides is 2. The normalized spacial score (nSPS) is 16.9. The van der Waals surface area contributed by atoms with Crippen molar-refractivity contribution in [3.8, 4) is 11.5 Å². The minimum atomic E-state index is -0.247. The molecular weight excluding hydrogens is 356 g/mol. The number of aryl methyl sites for hydroxylation is 1. The molecule has 2 amide bonds. The van der Waals surface area contributed by atoms with Gasteiger partial charge in [0.05, 0.1) is 26.7 Å². The largest absolute Gasteiger partial charge is 0.493 e. The van der Waals surface area contributed by atoms with Gasteiger partial charge in [-0.2, -0.15) is 0 Å². The molecule has 6 heteroatoms. The zero-order chi connectivity index (χ0) is 19.9. The van der Waals surface area contributed by atoms with E-state index in [-0.39, 0.29) is 24.3 Å². The first kappa shape index (κ1) is 19.7. The van der Waals surface area contributed by atoms with E-state index in [0.717, 1.165) is 11.1 Å². The Labute approximate surface area is 165 Å². The fraction of sp³-hybridized carbons (Fsp3) is 0.364. The Balaban J connectivity index is 1.77. The van der Waals surface area contributed by atoms with Crippen LogP contribution in [0.2, 0.25) is 0 Å². The first-order chi connectivity index (χ1) is 13.6. The number of hydrogen-bond acceptors (Lipinski definition) is 4. The van der Waals surface area contributed by atoms with Crippen LogP contribution in [0, 0.1) is 0 Å². The van der Waals surface area contributed by atoms with E-state index in [1.54, 1.807) is 14.2 Å². The maximum atomic E-state index is 13.1. The van der Waals surface area contributed by atoms with Crippen LogP contribution in [0.4, 0.5) is 0 Å². The van der Waals surface area contributed by atoms with Crippen LogP contribution in [-0.2, 0) is 16.0 Å². The van der Waals surface area contributed by atoms with Crippen molar-refractivity contribution >= 4 is 11.8 Å². The van der Waals surface area contributed by atoms with Crippen LogP contribution >= 0.6 is 0 Å². The molecule has 1 fully saturated rings. The van der Waals surface area contributed by atoms with E-state index in [4.69, 9.17) is 9.47 Å². The standard InChI is InChI=1S/C22H26N2O4/c1-27-19-10-6-9-17(22(19)28-2)11-12-21(26)24-14-13-23-20(25)15-18(24)16-7-4-3-5-8-16/h3-10,18H,11-15H2,1-2H3,(H,23,25).